The summed E-state index contributed by atoms with van der Waals surface area (Å²) < 4.78 is 5.14. The number of amides is 1. The third kappa shape index (κ3) is 5.77. The Morgan fingerprint density at radius 1 is 1.28 bits per heavy atom. The molecule has 2 rings (SSSR count). The zero-order valence-corrected chi connectivity index (χ0v) is 16.3. The molecule has 4 nitrogen and oxygen atoms in total. The Bertz CT molecular complexity index is 561. The number of esters is 1. The van der Waals surface area contributed by atoms with E-state index in [9.17, 15) is 9.59 Å². The molecule has 0 saturated carbocycles. The Kier molecular flexibility index (Phi) is 7.82. The van der Waals surface area contributed by atoms with E-state index in [-0.39, 0.29) is 29.0 Å². The largest absolute Gasteiger partial charge is 0.466 e. The molecular weight excluding hydrogens is 334 g/mol. The first-order valence-corrected chi connectivity index (χ1v) is 10.2. The molecular formula is C20H29NO3S. The maximum absolute atomic E-state index is 13.0. The summed E-state index contributed by atoms with van der Waals surface area (Å²) in [6, 6.07) is 10.2. The summed E-state index contributed by atoms with van der Waals surface area (Å²) in [5, 5.41) is -0.0823. The third-order valence-corrected chi connectivity index (χ3v) is 6.08. The minimum absolute atomic E-state index is 0.0823. The Hall–Kier alpha value is -1.49. The molecule has 0 aliphatic carbocycles. The van der Waals surface area contributed by atoms with Crippen LogP contribution in [0.4, 0.5) is 0 Å². The number of likely N-dealkylation sites (tertiary alicyclic amines) is 1. The van der Waals surface area contributed by atoms with Crippen LogP contribution in [-0.4, -0.2) is 41.7 Å². The first-order valence-electron chi connectivity index (χ1n) is 9.13. The van der Waals surface area contributed by atoms with Gasteiger partial charge in [0.2, 0.25) is 5.91 Å². The monoisotopic (exact) mass is 363 g/mol. The number of benzene rings is 1. The predicted octanol–water partition coefficient (Wildman–Crippen LogP) is 3.75. The van der Waals surface area contributed by atoms with Crippen LogP contribution in [0.2, 0.25) is 0 Å². The first kappa shape index (κ1) is 19.8. The van der Waals surface area contributed by atoms with Gasteiger partial charge in [0.15, 0.2) is 0 Å². The minimum Gasteiger partial charge on any atom is -0.466 e. The van der Waals surface area contributed by atoms with Crippen LogP contribution < -0.4 is 0 Å². The SMILES string of the molecule is CCOC(=O)C1CCCN(C(=O)C(SCc2ccccc2)C(C)C)C1. The van der Waals surface area contributed by atoms with Crippen LogP contribution in [-0.2, 0) is 20.1 Å². The van der Waals surface area contributed by atoms with Crippen LogP contribution in [0.25, 0.3) is 0 Å². The van der Waals surface area contributed by atoms with Crippen molar-refractivity contribution in [1.29, 1.82) is 0 Å². The van der Waals surface area contributed by atoms with Gasteiger partial charge >= 0.3 is 5.97 Å². The van der Waals surface area contributed by atoms with Crippen molar-refractivity contribution in [3.63, 3.8) is 0 Å². The van der Waals surface area contributed by atoms with E-state index >= 15 is 0 Å². The lowest BCUT2D eigenvalue weighted by Crippen LogP contribution is -2.47. The molecule has 138 valence electrons. The van der Waals surface area contributed by atoms with Gasteiger partial charge in [-0.25, -0.2) is 0 Å². The van der Waals surface area contributed by atoms with Crippen molar-refractivity contribution in [2.75, 3.05) is 19.7 Å². The molecule has 1 fully saturated rings. The number of nitrogens with zero attached hydrogens (tertiary/aromatic N) is 1. The number of ether oxygens (including phenoxy) is 1. The Balaban J connectivity index is 1.97. The molecule has 0 aromatic heterocycles. The zero-order chi connectivity index (χ0) is 18.2. The minimum atomic E-state index is -0.176. The fourth-order valence-electron chi connectivity index (χ4n) is 3.12. The van der Waals surface area contributed by atoms with Crippen LogP contribution in [0, 0.1) is 11.8 Å². The van der Waals surface area contributed by atoms with E-state index in [0.29, 0.717) is 13.2 Å². The summed E-state index contributed by atoms with van der Waals surface area (Å²) in [6.07, 6.45) is 1.68. The summed E-state index contributed by atoms with van der Waals surface area (Å²) in [6.45, 7) is 7.63. The summed E-state index contributed by atoms with van der Waals surface area (Å²) >= 11 is 1.70. The number of piperidine rings is 1. The van der Waals surface area contributed by atoms with E-state index in [1.807, 2.05) is 30.0 Å². The Morgan fingerprint density at radius 3 is 2.64 bits per heavy atom. The molecule has 1 aliphatic heterocycles. The number of thioether (sulfide) groups is 1. The molecule has 5 heteroatoms. The van der Waals surface area contributed by atoms with E-state index in [4.69, 9.17) is 4.74 Å². The number of hydrogen-bond donors (Lipinski definition) is 0. The van der Waals surface area contributed by atoms with Gasteiger partial charge in [0.25, 0.3) is 0 Å². The predicted molar refractivity (Wildman–Crippen MR) is 102 cm³/mol. The zero-order valence-electron chi connectivity index (χ0n) is 15.4. The van der Waals surface area contributed by atoms with Crippen molar-refractivity contribution >= 4 is 23.6 Å². The first-order chi connectivity index (χ1) is 12.0. The smallest absolute Gasteiger partial charge is 0.310 e. The highest BCUT2D eigenvalue weighted by Crippen LogP contribution is 2.28. The quantitative estimate of drug-likeness (QED) is 0.692. The van der Waals surface area contributed by atoms with Gasteiger partial charge in [0, 0.05) is 18.8 Å². The van der Waals surface area contributed by atoms with Gasteiger partial charge in [0.1, 0.15) is 0 Å². The lowest BCUT2D eigenvalue weighted by atomic mass is 9.97. The lowest BCUT2D eigenvalue weighted by Gasteiger charge is -2.34. The van der Waals surface area contributed by atoms with Crippen LogP contribution >= 0.6 is 11.8 Å². The normalized spacial score (nSPS) is 18.9. The van der Waals surface area contributed by atoms with Crippen molar-refractivity contribution in [2.45, 2.75) is 44.6 Å². The second-order valence-electron chi connectivity index (χ2n) is 6.84. The fourth-order valence-corrected chi connectivity index (χ4v) is 4.36. The summed E-state index contributed by atoms with van der Waals surface area (Å²) in [5.41, 5.74) is 1.23. The average Bonchev–Trinajstić information content (AvgIpc) is 2.62. The lowest BCUT2D eigenvalue weighted by molar-refractivity contribution is -0.151. The average molecular weight is 364 g/mol. The van der Waals surface area contributed by atoms with Gasteiger partial charge in [-0.2, -0.15) is 0 Å². The molecule has 0 N–H and O–H groups in total. The van der Waals surface area contributed by atoms with Gasteiger partial charge in [0.05, 0.1) is 17.8 Å². The molecule has 1 aliphatic rings. The van der Waals surface area contributed by atoms with Gasteiger partial charge < -0.3 is 9.64 Å². The number of hydrogen-bond acceptors (Lipinski definition) is 4. The van der Waals surface area contributed by atoms with Crippen molar-refractivity contribution < 1.29 is 14.3 Å². The van der Waals surface area contributed by atoms with E-state index in [1.54, 1.807) is 11.8 Å². The van der Waals surface area contributed by atoms with E-state index in [0.717, 1.165) is 25.1 Å². The summed E-state index contributed by atoms with van der Waals surface area (Å²) in [7, 11) is 0. The van der Waals surface area contributed by atoms with Crippen LogP contribution in [0.15, 0.2) is 30.3 Å². The molecule has 1 heterocycles. The topological polar surface area (TPSA) is 46.6 Å². The molecule has 1 aromatic carbocycles. The Morgan fingerprint density at radius 2 is 2.00 bits per heavy atom. The van der Waals surface area contributed by atoms with Crippen molar-refractivity contribution in [2.24, 2.45) is 11.8 Å². The van der Waals surface area contributed by atoms with Crippen molar-refractivity contribution in [3.8, 4) is 0 Å². The van der Waals surface area contributed by atoms with Crippen LogP contribution in [0.3, 0.4) is 0 Å². The maximum atomic E-state index is 13.0. The number of carbonyl (C=O) groups is 2. The van der Waals surface area contributed by atoms with E-state index in [1.165, 1.54) is 5.56 Å². The van der Waals surface area contributed by atoms with Crippen molar-refractivity contribution in [1.82, 2.24) is 4.90 Å². The molecule has 0 bridgehead atoms. The molecule has 0 radical (unpaired) electrons. The number of carbonyl (C=O) groups excluding carboxylic acids is 2. The van der Waals surface area contributed by atoms with Crippen molar-refractivity contribution in [3.05, 3.63) is 35.9 Å². The van der Waals surface area contributed by atoms with Gasteiger partial charge in [-0.3, -0.25) is 9.59 Å². The third-order valence-electron chi connectivity index (χ3n) is 4.47. The molecule has 1 aromatic rings. The van der Waals surface area contributed by atoms with Gasteiger partial charge in [-0.1, -0.05) is 44.2 Å². The fraction of sp³-hybridized carbons (Fsp3) is 0.600. The second-order valence-corrected chi connectivity index (χ2v) is 7.97. The summed E-state index contributed by atoms with van der Waals surface area (Å²) in [5.74, 6) is 0.890. The highest BCUT2D eigenvalue weighted by Gasteiger charge is 2.33. The number of rotatable bonds is 7. The van der Waals surface area contributed by atoms with Gasteiger partial charge in [-0.15, -0.1) is 11.8 Å². The van der Waals surface area contributed by atoms with Crippen LogP contribution in [0.5, 0.6) is 0 Å². The molecule has 1 amide bonds. The van der Waals surface area contributed by atoms with Gasteiger partial charge in [-0.05, 0) is 31.2 Å². The standard InChI is InChI=1S/C20H29NO3S/c1-4-24-20(23)17-11-8-12-21(13-17)19(22)18(15(2)3)25-14-16-9-6-5-7-10-16/h5-7,9-10,15,17-18H,4,8,11-14H2,1-3H3. The molecule has 25 heavy (non-hydrogen) atoms. The molecule has 2 unspecified atom stereocenters. The van der Waals surface area contributed by atoms with Crippen LogP contribution in [0.1, 0.15) is 39.2 Å². The molecule has 0 spiro atoms. The molecule has 2 atom stereocenters. The second kappa shape index (κ2) is 9.85. The molecule has 1 saturated heterocycles. The Labute approximate surface area is 155 Å². The highest BCUT2D eigenvalue weighted by atomic mass is 32.2. The highest BCUT2D eigenvalue weighted by molar-refractivity contribution is 7.99. The summed E-state index contributed by atoms with van der Waals surface area (Å²) in [4.78, 5) is 26.9. The van der Waals surface area contributed by atoms with E-state index < -0.39 is 0 Å². The van der Waals surface area contributed by atoms with E-state index in [2.05, 4.69) is 26.0 Å². The maximum Gasteiger partial charge on any atom is 0.310 e.